The molecule has 8 N–H and O–H groups in total. The van der Waals surface area contributed by atoms with Crippen molar-refractivity contribution in [2.75, 3.05) is 105 Å². The molecule has 0 radical (unpaired) electrons. The van der Waals surface area contributed by atoms with E-state index in [-0.39, 0.29) is 75.5 Å². The molecule has 4 amide bonds. The number of carbonyl (C=O) groups excluding carboxylic acids is 4. The minimum atomic E-state index is -0.857. The van der Waals surface area contributed by atoms with Gasteiger partial charge < -0.3 is 41.7 Å². The molecule has 0 saturated carbocycles. The molecule has 1 rings (SSSR count). The summed E-state index contributed by atoms with van der Waals surface area (Å²) >= 11 is 0. The van der Waals surface area contributed by atoms with Crippen molar-refractivity contribution in [2.24, 2.45) is 0 Å². The van der Waals surface area contributed by atoms with Gasteiger partial charge in [-0.05, 0) is 51.4 Å². The van der Waals surface area contributed by atoms with Crippen molar-refractivity contribution in [3.63, 3.8) is 0 Å². The maximum absolute atomic E-state index is 13.1. The van der Waals surface area contributed by atoms with Crippen LogP contribution in [-0.4, -0.2) is 192 Å². The highest BCUT2D eigenvalue weighted by atomic mass is 16.4. The predicted molar refractivity (Wildman–Crippen MR) is 222 cm³/mol. The number of carboxylic acids is 4. The van der Waals surface area contributed by atoms with E-state index in [2.05, 4.69) is 21.3 Å². The van der Waals surface area contributed by atoms with Crippen LogP contribution in [0.3, 0.4) is 0 Å². The first-order valence-corrected chi connectivity index (χ1v) is 21.6. The van der Waals surface area contributed by atoms with Gasteiger partial charge in [-0.2, -0.15) is 0 Å². The van der Waals surface area contributed by atoms with Gasteiger partial charge in [0.1, 0.15) is 0 Å². The third-order valence-electron chi connectivity index (χ3n) is 9.96. The second kappa shape index (κ2) is 34.3. The zero-order valence-corrected chi connectivity index (χ0v) is 35.5. The lowest BCUT2D eigenvalue weighted by molar-refractivity contribution is -0.138. The number of carboxylic acid groups (broad SMARTS) is 4. The Balaban J connectivity index is 3.05. The quantitative estimate of drug-likeness (QED) is 0.0421. The Kier molecular flexibility index (Phi) is 30.7. The molecule has 1 fully saturated rings. The van der Waals surface area contributed by atoms with E-state index < -0.39 is 23.9 Å². The Morgan fingerprint density at radius 2 is 0.483 bits per heavy atom. The molecule has 0 bridgehead atoms. The number of nitrogens with one attached hydrogen (secondary N) is 4. The van der Waals surface area contributed by atoms with E-state index in [0.29, 0.717) is 156 Å². The van der Waals surface area contributed by atoms with E-state index in [0.717, 1.165) is 0 Å². The summed E-state index contributed by atoms with van der Waals surface area (Å²) in [7, 11) is 0. The molecule has 0 spiro atoms. The first kappa shape index (κ1) is 53.6. The van der Waals surface area contributed by atoms with E-state index in [1.807, 2.05) is 19.6 Å². The Hall–Kier alpha value is -4.40. The van der Waals surface area contributed by atoms with Crippen molar-refractivity contribution in [1.29, 1.82) is 0 Å². The summed E-state index contributed by atoms with van der Waals surface area (Å²) in [6, 6.07) is 0. The lowest BCUT2D eigenvalue weighted by Crippen LogP contribution is -2.51. The smallest absolute Gasteiger partial charge is 0.303 e. The molecule has 0 aliphatic carbocycles. The van der Waals surface area contributed by atoms with E-state index in [9.17, 15) is 38.4 Å². The fraction of sp³-hybridized carbons (Fsp3) is 0.800. The zero-order valence-electron chi connectivity index (χ0n) is 35.5. The van der Waals surface area contributed by atoms with Gasteiger partial charge in [0.25, 0.3) is 0 Å². The minimum absolute atomic E-state index is 0.0739. The average Bonchev–Trinajstić information content (AvgIpc) is 3.17. The first-order valence-electron chi connectivity index (χ1n) is 21.6. The van der Waals surface area contributed by atoms with Gasteiger partial charge in [0.2, 0.25) is 23.6 Å². The molecule has 344 valence electrons. The topological polar surface area (TPSA) is 279 Å². The Morgan fingerprint density at radius 1 is 0.300 bits per heavy atom. The summed E-state index contributed by atoms with van der Waals surface area (Å²) in [6.45, 7) is 5.32. The summed E-state index contributed by atoms with van der Waals surface area (Å²) < 4.78 is 0. The number of carbonyl (C=O) groups is 8. The molecule has 0 atom stereocenters. The van der Waals surface area contributed by atoms with Gasteiger partial charge in [0.15, 0.2) is 0 Å². The van der Waals surface area contributed by atoms with Crippen molar-refractivity contribution in [2.45, 2.75) is 103 Å². The van der Waals surface area contributed by atoms with Crippen LogP contribution in [-0.2, 0) is 38.4 Å². The second-order valence-electron chi connectivity index (χ2n) is 15.3. The lowest BCUT2D eigenvalue weighted by Gasteiger charge is -2.33. The van der Waals surface area contributed by atoms with Crippen molar-refractivity contribution in [3.8, 4) is 0 Å². The third-order valence-corrected chi connectivity index (χ3v) is 9.96. The first-order chi connectivity index (χ1) is 28.7. The largest absolute Gasteiger partial charge is 0.481 e. The van der Waals surface area contributed by atoms with Crippen LogP contribution in [0.25, 0.3) is 0 Å². The van der Waals surface area contributed by atoms with Crippen LogP contribution >= 0.6 is 0 Å². The lowest BCUT2D eigenvalue weighted by atomic mass is 10.2. The number of nitrogens with zero attached hydrogens (tertiary/aromatic N) is 4. The SMILES string of the molecule is O=C(O)CCCCCNC(=O)CN1CCN(CC(=O)NCCCCCC(=O)O)CCN(CC(=O)NCCCCCC(=O)O)CCN(CC(=O)NCCCCCC(=O)O)CC1. The molecule has 0 unspecified atom stereocenters. The van der Waals surface area contributed by atoms with Crippen LogP contribution in [0.2, 0.25) is 0 Å². The zero-order chi connectivity index (χ0) is 44.4. The Morgan fingerprint density at radius 3 is 0.650 bits per heavy atom. The van der Waals surface area contributed by atoms with Crippen LogP contribution in [0.15, 0.2) is 0 Å². The minimum Gasteiger partial charge on any atom is -0.481 e. The molecule has 0 aromatic rings. The molecule has 1 aliphatic rings. The molecule has 0 aromatic carbocycles. The number of aliphatic carboxylic acids is 4. The highest BCUT2D eigenvalue weighted by Gasteiger charge is 2.22. The summed E-state index contributed by atoms with van der Waals surface area (Å²) in [4.78, 5) is 103. The fourth-order valence-corrected chi connectivity index (χ4v) is 6.47. The summed E-state index contributed by atoms with van der Waals surface area (Å²) in [6.07, 6.45) is 7.66. The molecular formula is C40H72N8O12. The van der Waals surface area contributed by atoms with Crippen molar-refractivity contribution >= 4 is 47.5 Å². The van der Waals surface area contributed by atoms with Gasteiger partial charge in [-0.1, -0.05) is 25.7 Å². The van der Waals surface area contributed by atoms with Crippen molar-refractivity contribution < 1.29 is 58.8 Å². The van der Waals surface area contributed by atoms with E-state index in [4.69, 9.17) is 20.4 Å². The van der Waals surface area contributed by atoms with E-state index in [1.54, 1.807) is 0 Å². The molecular weight excluding hydrogens is 784 g/mol. The van der Waals surface area contributed by atoms with Crippen LogP contribution in [0.4, 0.5) is 0 Å². The average molecular weight is 857 g/mol. The number of unbranched alkanes of at least 4 members (excludes halogenated alkanes) is 8. The van der Waals surface area contributed by atoms with Gasteiger partial charge in [0.05, 0.1) is 26.2 Å². The van der Waals surface area contributed by atoms with Crippen molar-refractivity contribution in [1.82, 2.24) is 40.9 Å². The summed E-state index contributed by atoms with van der Waals surface area (Å²) in [5.74, 6) is -4.21. The van der Waals surface area contributed by atoms with Crippen LogP contribution in [0, 0.1) is 0 Å². The maximum Gasteiger partial charge on any atom is 0.303 e. The van der Waals surface area contributed by atoms with Gasteiger partial charge in [-0.3, -0.25) is 58.0 Å². The number of hydrogen-bond donors (Lipinski definition) is 8. The number of hydrogen-bond acceptors (Lipinski definition) is 12. The normalized spacial score (nSPS) is 14.9. The monoisotopic (exact) mass is 857 g/mol. The maximum atomic E-state index is 13.1. The van der Waals surface area contributed by atoms with E-state index >= 15 is 0 Å². The van der Waals surface area contributed by atoms with Crippen molar-refractivity contribution in [3.05, 3.63) is 0 Å². The highest BCUT2D eigenvalue weighted by Crippen LogP contribution is 2.05. The van der Waals surface area contributed by atoms with Crippen LogP contribution in [0.1, 0.15) is 103 Å². The molecule has 1 heterocycles. The molecule has 60 heavy (non-hydrogen) atoms. The molecule has 1 saturated heterocycles. The Bertz CT molecular complexity index is 1100. The molecule has 20 nitrogen and oxygen atoms in total. The molecule has 20 heteroatoms. The molecule has 0 aromatic heterocycles. The highest BCUT2D eigenvalue weighted by molar-refractivity contribution is 5.79. The van der Waals surface area contributed by atoms with Gasteiger partial charge in [0, 0.05) is 104 Å². The Labute approximate surface area is 354 Å². The third kappa shape index (κ3) is 32.5. The van der Waals surface area contributed by atoms with E-state index in [1.165, 1.54) is 0 Å². The summed E-state index contributed by atoms with van der Waals surface area (Å²) in [5, 5.41) is 47.1. The van der Waals surface area contributed by atoms with Gasteiger partial charge in [-0.15, -0.1) is 0 Å². The van der Waals surface area contributed by atoms with Crippen LogP contribution in [0.5, 0.6) is 0 Å². The fourth-order valence-electron chi connectivity index (χ4n) is 6.47. The standard InChI is InChI=1S/C40H72N8O12/c49-33(41-17-9-1-5-13-37(53)54)29-45-21-23-46(30-34(50)42-18-10-2-6-14-38(55)56)25-27-48(32-36(52)44-20-12-4-8-16-40(59)60)28-26-47(24-22-45)31-35(51)43-19-11-3-7-15-39(57)58/h1-32H2,(H,41,49)(H,42,50)(H,43,51)(H,44,52)(H,53,54)(H,55,56)(H,57,58)(H,59,60). The summed E-state index contributed by atoms with van der Waals surface area (Å²) in [5.41, 5.74) is 0. The van der Waals surface area contributed by atoms with Crippen LogP contribution < -0.4 is 21.3 Å². The second-order valence-corrected chi connectivity index (χ2v) is 15.3. The predicted octanol–water partition coefficient (Wildman–Crippen LogP) is 0.253. The van der Waals surface area contributed by atoms with Gasteiger partial charge in [-0.25, -0.2) is 0 Å². The number of rotatable bonds is 32. The molecule has 1 aliphatic heterocycles. The van der Waals surface area contributed by atoms with Gasteiger partial charge >= 0.3 is 23.9 Å². The number of amides is 4.